The Labute approximate surface area is 134 Å². The lowest BCUT2D eigenvalue weighted by atomic mass is 10.0. The Kier molecular flexibility index (Phi) is 5.56. The average Bonchev–Trinajstić information content (AvgIpc) is 2.85. The number of nitrogens with zero attached hydrogens (tertiary/aromatic N) is 1. The normalized spacial score (nSPS) is 19.3. The second-order valence-corrected chi connectivity index (χ2v) is 7.64. The topological polar surface area (TPSA) is 15.3 Å². The van der Waals surface area contributed by atoms with Gasteiger partial charge in [-0.3, -0.25) is 0 Å². The monoisotopic (exact) mass is 308 g/mol. The molecule has 0 spiro atoms. The molecule has 2 rings (SSSR count). The first-order chi connectivity index (χ1) is 9.90. The van der Waals surface area contributed by atoms with Gasteiger partial charge in [0.2, 0.25) is 0 Å². The minimum absolute atomic E-state index is 0.103. The van der Waals surface area contributed by atoms with Crippen LogP contribution in [0.2, 0.25) is 5.02 Å². The van der Waals surface area contributed by atoms with E-state index in [1.54, 1.807) is 0 Å². The molecule has 1 saturated heterocycles. The number of rotatable bonds is 5. The van der Waals surface area contributed by atoms with Gasteiger partial charge in [0.25, 0.3) is 0 Å². The zero-order valence-corrected chi connectivity index (χ0v) is 14.6. The summed E-state index contributed by atoms with van der Waals surface area (Å²) in [5.41, 5.74) is 2.66. The molecule has 1 aromatic rings. The molecule has 1 fully saturated rings. The second kappa shape index (κ2) is 7.02. The zero-order valence-electron chi connectivity index (χ0n) is 13.9. The van der Waals surface area contributed by atoms with Crippen LogP contribution >= 0.6 is 11.6 Å². The third kappa shape index (κ3) is 4.62. The molecule has 118 valence electrons. The summed E-state index contributed by atoms with van der Waals surface area (Å²) in [6, 6.07) is 6.30. The van der Waals surface area contributed by atoms with Crippen LogP contribution in [0.15, 0.2) is 18.2 Å². The summed E-state index contributed by atoms with van der Waals surface area (Å²) in [6.45, 7) is 12.0. The van der Waals surface area contributed by atoms with E-state index >= 15 is 0 Å². The van der Waals surface area contributed by atoms with Gasteiger partial charge >= 0.3 is 0 Å². The fraction of sp³-hybridized carbons (Fsp3) is 0.667. The fourth-order valence-electron chi connectivity index (χ4n) is 3.07. The van der Waals surface area contributed by atoms with E-state index in [2.05, 4.69) is 50.0 Å². The van der Waals surface area contributed by atoms with Gasteiger partial charge in [0.05, 0.1) is 0 Å². The standard InChI is InChI=1S/C18H29ClN2/c1-5-7-14-10-11-21(13-14)17-9-6-8-16(19)15(17)12-20-18(2,3)4/h6,8-9,14,20H,5,7,10-13H2,1-4H3. The Morgan fingerprint density at radius 2 is 2.10 bits per heavy atom. The molecule has 0 bridgehead atoms. The van der Waals surface area contributed by atoms with E-state index in [0.29, 0.717) is 0 Å². The molecule has 1 atom stereocenters. The van der Waals surface area contributed by atoms with E-state index in [0.717, 1.165) is 24.0 Å². The van der Waals surface area contributed by atoms with Gasteiger partial charge in [0.1, 0.15) is 0 Å². The van der Waals surface area contributed by atoms with Crippen LogP contribution in [0.1, 0.15) is 52.5 Å². The molecule has 1 aliphatic heterocycles. The van der Waals surface area contributed by atoms with Crippen molar-refractivity contribution in [2.75, 3.05) is 18.0 Å². The van der Waals surface area contributed by atoms with Gasteiger partial charge in [-0.05, 0) is 51.7 Å². The van der Waals surface area contributed by atoms with Crippen molar-refractivity contribution in [3.8, 4) is 0 Å². The summed E-state index contributed by atoms with van der Waals surface area (Å²) in [5.74, 6) is 0.845. The minimum Gasteiger partial charge on any atom is -0.371 e. The maximum atomic E-state index is 6.47. The smallest absolute Gasteiger partial charge is 0.0471 e. The first kappa shape index (κ1) is 16.6. The third-order valence-corrected chi connectivity index (χ3v) is 4.57. The van der Waals surface area contributed by atoms with Gasteiger partial charge in [0, 0.05) is 41.4 Å². The highest BCUT2D eigenvalue weighted by molar-refractivity contribution is 6.31. The maximum Gasteiger partial charge on any atom is 0.0471 e. The second-order valence-electron chi connectivity index (χ2n) is 7.23. The van der Waals surface area contributed by atoms with Gasteiger partial charge in [-0.2, -0.15) is 0 Å². The minimum atomic E-state index is 0.103. The fourth-order valence-corrected chi connectivity index (χ4v) is 3.30. The van der Waals surface area contributed by atoms with Crippen LogP contribution in [0.5, 0.6) is 0 Å². The van der Waals surface area contributed by atoms with Crippen molar-refractivity contribution in [1.82, 2.24) is 5.32 Å². The summed E-state index contributed by atoms with van der Waals surface area (Å²) in [4.78, 5) is 2.52. The molecule has 1 aliphatic rings. The third-order valence-electron chi connectivity index (χ3n) is 4.21. The predicted molar refractivity (Wildman–Crippen MR) is 93.3 cm³/mol. The summed E-state index contributed by atoms with van der Waals surface area (Å²) in [6.07, 6.45) is 3.94. The molecule has 3 heteroatoms. The molecular weight excluding hydrogens is 280 g/mol. The van der Waals surface area contributed by atoms with E-state index < -0.39 is 0 Å². The van der Waals surface area contributed by atoms with Crippen LogP contribution in [0.3, 0.4) is 0 Å². The van der Waals surface area contributed by atoms with Crippen molar-refractivity contribution in [1.29, 1.82) is 0 Å². The molecule has 21 heavy (non-hydrogen) atoms. The van der Waals surface area contributed by atoms with Crippen molar-refractivity contribution in [2.24, 2.45) is 5.92 Å². The quantitative estimate of drug-likeness (QED) is 0.836. The summed E-state index contributed by atoms with van der Waals surface area (Å²) in [7, 11) is 0. The first-order valence-electron chi connectivity index (χ1n) is 8.18. The highest BCUT2D eigenvalue weighted by atomic mass is 35.5. The number of anilines is 1. The summed E-state index contributed by atoms with van der Waals surface area (Å²) in [5, 5.41) is 4.45. The van der Waals surface area contributed by atoms with Crippen molar-refractivity contribution in [3.05, 3.63) is 28.8 Å². The van der Waals surface area contributed by atoms with Crippen LogP contribution < -0.4 is 10.2 Å². The van der Waals surface area contributed by atoms with Crippen molar-refractivity contribution in [3.63, 3.8) is 0 Å². The Bertz CT molecular complexity index is 465. The number of hydrogen-bond acceptors (Lipinski definition) is 2. The molecule has 0 saturated carbocycles. The van der Waals surface area contributed by atoms with Gasteiger partial charge < -0.3 is 10.2 Å². The number of benzene rings is 1. The van der Waals surface area contributed by atoms with Gasteiger partial charge in [-0.1, -0.05) is 31.0 Å². The number of halogens is 1. The van der Waals surface area contributed by atoms with Crippen LogP contribution in [0.4, 0.5) is 5.69 Å². The van der Waals surface area contributed by atoms with Gasteiger partial charge in [0.15, 0.2) is 0 Å². The molecule has 0 amide bonds. The molecule has 1 N–H and O–H groups in total. The molecule has 0 radical (unpaired) electrons. The molecule has 0 aromatic heterocycles. The first-order valence-corrected chi connectivity index (χ1v) is 8.56. The molecular formula is C18H29ClN2. The van der Waals surface area contributed by atoms with E-state index in [1.165, 1.54) is 37.1 Å². The molecule has 1 heterocycles. The highest BCUT2D eigenvalue weighted by Crippen LogP contribution is 2.32. The number of hydrogen-bond donors (Lipinski definition) is 1. The molecule has 0 aliphatic carbocycles. The van der Waals surface area contributed by atoms with Crippen LogP contribution in [0, 0.1) is 5.92 Å². The Hall–Kier alpha value is -0.730. The highest BCUT2D eigenvalue weighted by Gasteiger charge is 2.24. The van der Waals surface area contributed by atoms with E-state index in [-0.39, 0.29) is 5.54 Å². The summed E-state index contributed by atoms with van der Waals surface area (Å²) >= 11 is 6.47. The SMILES string of the molecule is CCCC1CCN(c2cccc(Cl)c2CNC(C)(C)C)C1. The van der Waals surface area contributed by atoms with E-state index in [1.807, 2.05) is 6.07 Å². The largest absolute Gasteiger partial charge is 0.371 e. The van der Waals surface area contributed by atoms with Crippen molar-refractivity contribution < 1.29 is 0 Å². The molecule has 1 unspecified atom stereocenters. The molecule has 1 aromatic carbocycles. The predicted octanol–water partition coefficient (Wildman–Crippen LogP) is 4.85. The molecule has 2 nitrogen and oxygen atoms in total. The van der Waals surface area contributed by atoms with Gasteiger partial charge in [-0.25, -0.2) is 0 Å². The lowest BCUT2D eigenvalue weighted by Gasteiger charge is -2.26. The Balaban J connectivity index is 2.14. The maximum absolute atomic E-state index is 6.47. The van der Waals surface area contributed by atoms with Crippen LogP contribution in [0.25, 0.3) is 0 Å². The van der Waals surface area contributed by atoms with Gasteiger partial charge in [-0.15, -0.1) is 0 Å². The van der Waals surface area contributed by atoms with Crippen molar-refractivity contribution >= 4 is 17.3 Å². The Morgan fingerprint density at radius 1 is 1.33 bits per heavy atom. The number of nitrogens with one attached hydrogen (secondary N) is 1. The van der Waals surface area contributed by atoms with E-state index in [9.17, 15) is 0 Å². The average molecular weight is 309 g/mol. The van der Waals surface area contributed by atoms with Crippen LogP contribution in [-0.2, 0) is 6.54 Å². The Morgan fingerprint density at radius 3 is 2.76 bits per heavy atom. The lowest BCUT2D eigenvalue weighted by Crippen LogP contribution is -2.35. The lowest BCUT2D eigenvalue weighted by molar-refractivity contribution is 0.424. The van der Waals surface area contributed by atoms with E-state index in [4.69, 9.17) is 11.6 Å². The van der Waals surface area contributed by atoms with Crippen LogP contribution in [-0.4, -0.2) is 18.6 Å². The van der Waals surface area contributed by atoms with Crippen molar-refractivity contribution in [2.45, 2.75) is 59.0 Å². The zero-order chi connectivity index (χ0) is 15.5. The summed E-state index contributed by atoms with van der Waals surface area (Å²) < 4.78 is 0.